The molecule has 1 aliphatic carbocycles. The predicted molar refractivity (Wildman–Crippen MR) is 108 cm³/mol. The number of hydrogen-bond acceptors (Lipinski definition) is 2. The van der Waals surface area contributed by atoms with E-state index in [9.17, 15) is 9.59 Å². The average Bonchev–Trinajstić information content (AvgIpc) is 2.69. The van der Waals surface area contributed by atoms with Crippen LogP contribution in [0, 0.1) is 5.92 Å². The molecular weight excluding hydrogens is 360 g/mol. The summed E-state index contributed by atoms with van der Waals surface area (Å²) in [5, 5.41) is 3.65. The van der Waals surface area contributed by atoms with Gasteiger partial charge in [0.1, 0.15) is 0 Å². The molecule has 4 nitrogen and oxygen atoms in total. The Morgan fingerprint density at radius 3 is 2.81 bits per heavy atom. The van der Waals surface area contributed by atoms with Crippen molar-refractivity contribution in [3.05, 3.63) is 46.6 Å². The number of halogens is 1. The van der Waals surface area contributed by atoms with Gasteiger partial charge in [0.15, 0.2) is 0 Å². The van der Waals surface area contributed by atoms with Gasteiger partial charge in [-0.2, -0.15) is 0 Å². The van der Waals surface area contributed by atoms with E-state index < -0.39 is 0 Å². The minimum absolute atomic E-state index is 0.00302. The number of nitrogens with one attached hydrogen (secondary N) is 1. The summed E-state index contributed by atoms with van der Waals surface area (Å²) in [6, 6.07) is 7.67. The average molecular weight is 389 g/mol. The molecule has 1 atom stereocenters. The van der Waals surface area contributed by atoms with Crippen LogP contribution in [0.15, 0.2) is 36.0 Å². The van der Waals surface area contributed by atoms with E-state index >= 15 is 0 Å². The number of piperidine rings is 1. The number of rotatable bonds is 7. The molecule has 1 saturated heterocycles. The fraction of sp³-hybridized carbons (Fsp3) is 0.545. The molecule has 0 bridgehead atoms. The molecule has 0 spiro atoms. The third-order valence-corrected chi connectivity index (χ3v) is 5.91. The lowest BCUT2D eigenvalue weighted by Crippen LogP contribution is -2.39. The molecule has 1 heterocycles. The molecule has 0 saturated carbocycles. The van der Waals surface area contributed by atoms with Gasteiger partial charge in [-0.15, -0.1) is 0 Å². The lowest BCUT2D eigenvalue weighted by Gasteiger charge is -2.38. The Balaban J connectivity index is 1.36. The van der Waals surface area contributed by atoms with Crippen LogP contribution in [0.4, 0.5) is 0 Å². The molecule has 27 heavy (non-hydrogen) atoms. The summed E-state index contributed by atoms with van der Waals surface area (Å²) < 4.78 is 0. The molecule has 1 unspecified atom stereocenters. The van der Waals surface area contributed by atoms with Crippen LogP contribution in [0.3, 0.4) is 0 Å². The molecule has 2 amide bonds. The first-order valence-corrected chi connectivity index (χ1v) is 10.5. The van der Waals surface area contributed by atoms with Gasteiger partial charge in [-0.05, 0) is 62.5 Å². The van der Waals surface area contributed by atoms with Gasteiger partial charge in [0, 0.05) is 36.7 Å². The van der Waals surface area contributed by atoms with Crippen LogP contribution in [0.2, 0.25) is 5.02 Å². The summed E-state index contributed by atoms with van der Waals surface area (Å²) in [5.41, 5.74) is 2.29. The highest BCUT2D eigenvalue weighted by atomic mass is 35.5. The van der Waals surface area contributed by atoms with E-state index in [2.05, 4.69) is 11.4 Å². The van der Waals surface area contributed by atoms with E-state index in [0.29, 0.717) is 38.1 Å². The van der Waals surface area contributed by atoms with E-state index in [1.807, 2.05) is 29.2 Å². The van der Waals surface area contributed by atoms with Gasteiger partial charge in [0.2, 0.25) is 11.8 Å². The van der Waals surface area contributed by atoms with Crippen molar-refractivity contribution in [1.29, 1.82) is 0 Å². The monoisotopic (exact) mass is 388 g/mol. The van der Waals surface area contributed by atoms with Crippen LogP contribution >= 0.6 is 11.6 Å². The van der Waals surface area contributed by atoms with Crippen LogP contribution in [-0.2, 0) is 16.0 Å². The second kappa shape index (κ2) is 9.93. The fourth-order valence-corrected chi connectivity index (χ4v) is 4.34. The van der Waals surface area contributed by atoms with Gasteiger partial charge < -0.3 is 10.2 Å². The van der Waals surface area contributed by atoms with E-state index in [1.165, 1.54) is 25.0 Å². The normalized spacial score (nSPS) is 19.2. The Morgan fingerprint density at radius 2 is 1.96 bits per heavy atom. The molecule has 1 aromatic carbocycles. The second-order valence-corrected chi connectivity index (χ2v) is 7.90. The lowest BCUT2D eigenvalue weighted by atomic mass is 9.85. The molecule has 146 valence electrons. The third-order valence-electron chi connectivity index (χ3n) is 5.54. The number of allylic oxidation sites excluding steroid dienone is 2. The van der Waals surface area contributed by atoms with Crippen molar-refractivity contribution < 1.29 is 9.59 Å². The number of fused-ring (bicyclic) bond motifs is 1. The standard InChI is InChI=1S/C22H29ClN2O2/c23-19-10-3-1-7-17(19)14-15-24-21(26)12-5-13-22(27)25-16-6-9-18-8-2-4-11-20(18)25/h1,3,7,10-11,18H,2,4-6,8-9,12-16H2,(H,24,26). The number of hydrogen-bond donors (Lipinski definition) is 1. The van der Waals surface area contributed by atoms with Gasteiger partial charge in [-0.25, -0.2) is 0 Å². The van der Waals surface area contributed by atoms with Crippen molar-refractivity contribution in [2.24, 2.45) is 5.92 Å². The smallest absolute Gasteiger partial charge is 0.226 e. The summed E-state index contributed by atoms with van der Waals surface area (Å²) in [5.74, 6) is 0.754. The summed E-state index contributed by atoms with van der Waals surface area (Å²) in [4.78, 5) is 26.6. The number of likely N-dealkylation sites (tertiary alicyclic amines) is 1. The maximum atomic E-state index is 12.6. The van der Waals surface area contributed by atoms with Crippen molar-refractivity contribution in [1.82, 2.24) is 10.2 Å². The molecule has 0 aromatic heterocycles. The summed E-state index contributed by atoms with van der Waals surface area (Å²) in [6.07, 6.45) is 10.3. The van der Waals surface area contributed by atoms with Crippen molar-refractivity contribution in [2.45, 2.75) is 57.8 Å². The fourth-order valence-electron chi connectivity index (χ4n) is 4.11. The number of carbonyl (C=O) groups is 2. The molecule has 3 rings (SSSR count). The third kappa shape index (κ3) is 5.58. The second-order valence-electron chi connectivity index (χ2n) is 7.49. The molecule has 1 N–H and O–H groups in total. The van der Waals surface area contributed by atoms with E-state index in [1.54, 1.807) is 0 Å². The highest BCUT2D eigenvalue weighted by molar-refractivity contribution is 6.31. The number of benzene rings is 1. The minimum atomic E-state index is 0.00302. The summed E-state index contributed by atoms with van der Waals surface area (Å²) in [7, 11) is 0. The zero-order valence-corrected chi connectivity index (χ0v) is 16.6. The van der Waals surface area contributed by atoms with Crippen LogP contribution in [0.25, 0.3) is 0 Å². The van der Waals surface area contributed by atoms with E-state index in [0.717, 1.165) is 30.0 Å². The SMILES string of the molecule is O=C(CCCC(=O)N1CCCC2CCCC=C21)NCCc1ccccc1Cl. The van der Waals surface area contributed by atoms with Crippen LogP contribution in [0.1, 0.15) is 56.9 Å². The Bertz CT molecular complexity index is 701. The number of amides is 2. The van der Waals surface area contributed by atoms with Gasteiger partial charge in [-0.3, -0.25) is 9.59 Å². The van der Waals surface area contributed by atoms with Crippen molar-refractivity contribution in [3.63, 3.8) is 0 Å². The van der Waals surface area contributed by atoms with Crippen LogP contribution in [-0.4, -0.2) is 29.8 Å². The number of nitrogens with zero attached hydrogens (tertiary/aromatic N) is 1. The van der Waals surface area contributed by atoms with Gasteiger partial charge in [0.25, 0.3) is 0 Å². The first-order chi connectivity index (χ1) is 13.1. The molecule has 1 aromatic rings. The summed E-state index contributed by atoms with van der Waals surface area (Å²) in [6.45, 7) is 1.41. The topological polar surface area (TPSA) is 49.4 Å². The molecule has 1 fully saturated rings. The molecule has 0 radical (unpaired) electrons. The highest BCUT2D eigenvalue weighted by Gasteiger charge is 2.29. The maximum Gasteiger partial charge on any atom is 0.226 e. The Labute approximate surface area is 167 Å². The lowest BCUT2D eigenvalue weighted by molar-refractivity contribution is -0.130. The van der Waals surface area contributed by atoms with Crippen LogP contribution in [0.5, 0.6) is 0 Å². The number of carbonyl (C=O) groups excluding carboxylic acids is 2. The molecular formula is C22H29ClN2O2. The Morgan fingerprint density at radius 1 is 1.15 bits per heavy atom. The van der Waals surface area contributed by atoms with Gasteiger partial charge >= 0.3 is 0 Å². The molecule has 1 aliphatic heterocycles. The Hall–Kier alpha value is -1.81. The summed E-state index contributed by atoms with van der Waals surface area (Å²) >= 11 is 6.12. The van der Waals surface area contributed by atoms with Crippen molar-refractivity contribution in [2.75, 3.05) is 13.1 Å². The molecule has 5 heteroatoms. The largest absolute Gasteiger partial charge is 0.356 e. The van der Waals surface area contributed by atoms with Gasteiger partial charge in [0.05, 0.1) is 0 Å². The molecule has 2 aliphatic rings. The maximum absolute atomic E-state index is 12.6. The first-order valence-electron chi connectivity index (χ1n) is 10.2. The van der Waals surface area contributed by atoms with E-state index in [-0.39, 0.29) is 11.8 Å². The predicted octanol–water partition coefficient (Wildman–Crippen LogP) is 4.48. The Kier molecular flexibility index (Phi) is 7.33. The highest BCUT2D eigenvalue weighted by Crippen LogP contribution is 2.35. The van der Waals surface area contributed by atoms with Crippen molar-refractivity contribution in [3.8, 4) is 0 Å². The van der Waals surface area contributed by atoms with Crippen molar-refractivity contribution >= 4 is 23.4 Å². The zero-order valence-electron chi connectivity index (χ0n) is 15.9. The van der Waals surface area contributed by atoms with E-state index in [4.69, 9.17) is 11.6 Å². The minimum Gasteiger partial charge on any atom is -0.356 e. The van der Waals surface area contributed by atoms with Crippen LogP contribution < -0.4 is 5.32 Å². The first kappa shape index (κ1) is 19.9. The quantitative estimate of drug-likeness (QED) is 0.748. The zero-order chi connectivity index (χ0) is 19.1. The van der Waals surface area contributed by atoms with Gasteiger partial charge in [-0.1, -0.05) is 35.9 Å².